The van der Waals surface area contributed by atoms with E-state index in [9.17, 15) is 18.0 Å². The zero-order valence-electron chi connectivity index (χ0n) is 18.9. The molecule has 176 valence electrons. The average Bonchev–Trinajstić information content (AvgIpc) is 3.57. The Hall–Kier alpha value is -3.46. The maximum absolute atomic E-state index is 12.8. The molecule has 2 heterocycles. The highest BCUT2D eigenvalue weighted by Gasteiger charge is 2.30. The highest BCUT2D eigenvalue weighted by Crippen LogP contribution is 2.32. The smallest absolute Gasteiger partial charge is 0.359 e. The number of anilines is 1. The zero-order valence-corrected chi connectivity index (χ0v) is 19.7. The van der Waals surface area contributed by atoms with E-state index in [-0.39, 0.29) is 17.2 Å². The van der Waals surface area contributed by atoms with Crippen LogP contribution in [0.1, 0.15) is 51.0 Å². The average molecular weight is 480 g/mol. The van der Waals surface area contributed by atoms with Crippen LogP contribution in [0.4, 0.5) is 5.69 Å². The van der Waals surface area contributed by atoms with Crippen LogP contribution in [0.5, 0.6) is 0 Å². The van der Waals surface area contributed by atoms with Gasteiger partial charge in [-0.1, -0.05) is 18.2 Å². The minimum Gasteiger partial charge on any atom is -0.453 e. The van der Waals surface area contributed by atoms with Gasteiger partial charge in [-0.2, -0.15) is 5.10 Å². The van der Waals surface area contributed by atoms with E-state index < -0.39 is 22.6 Å². The molecule has 3 aromatic rings. The second kappa shape index (κ2) is 8.72. The maximum atomic E-state index is 12.8. The van der Waals surface area contributed by atoms with Crippen molar-refractivity contribution >= 4 is 27.5 Å². The number of carbonyl (C=O) groups excluding carboxylic acids is 2. The van der Waals surface area contributed by atoms with Crippen molar-refractivity contribution in [3.8, 4) is 5.69 Å². The second-order valence-corrected chi connectivity index (χ2v) is 10.6. The number of hydrogen-bond acceptors (Lipinski definition) is 6. The van der Waals surface area contributed by atoms with E-state index in [0.29, 0.717) is 24.2 Å². The van der Waals surface area contributed by atoms with Crippen LogP contribution in [-0.4, -0.2) is 48.9 Å². The first-order valence-electron chi connectivity index (χ1n) is 11.4. The van der Waals surface area contributed by atoms with Crippen molar-refractivity contribution in [2.45, 2.75) is 32.6 Å². The van der Waals surface area contributed by atoms with Crippen LogP contribution in [0.15, 0.2) is 48.5 Å². The standard InChI is InChI=1S/C25H25N3O5S/c1-2-34(31,32)27-14-13-17-15-18(11-12-21(17)27)23(29)16-33-25(30)24-20-9-6-10-22(20)28(26-24)19-7-4-3-5-8-19/h3-5,7-8,11-12,15H,2,6,9-10,13-14,16H2,1H3. The third kappa shape index (κ3) is 3.90. The molecule has 1 aliphatic heterocycles. The molecular weight excluding hydrogens is 454 g/mol. The number of Topliss-reactive ketones (excluding diaryl/α,β-unsaturated/α-hetero) is 1. The summed E-state index contributed by atoms with van der Waals surface area (Å²) >= 11 is 0. The summed E-state index contributed by atoms with van der Waals surface area (Å²) in [6.45, 7) is 1.58. The summed E-state index contributed by atoms with van der Waals surface area (Å²) < 4.78 is 33.1. The number of aromatic nitrogens is 2. The van der Waals surface area contributed by atoms with E-state index in [1.54, 1.807) is 29.8 Å². The number of nitrogens with zero attached hydrogens (tertiary/aromatic N) is 3. The van der Waals surface area contributed by atoms with Gasteiger partial charge in [-0.05, 0) is 68.5 Å². The Balaban J connectivity index is 1.30. The van der Waals surface area contributed by atoms with Crippen LogP contribution < -0.4 is 4.31 Å². The molecule has 0 saturated carbocycles. The Bertz CT molecular complexity index is 1380. The summed E-state index contributed by atoms with van der Waals surface area (Å²) in [5.41, 5.74) is 4.84. The molecule has 0 bridgehead atoms. The van der Waals surface area contributed by atoms with Crippen LogP contribution in [0.2, 0.25) is 0 Å². The Morgan fingerprint density at radius 2 is 1.85 bits per heavy atom. The summed E-state index contributed by atoms with van der Waals surface area (Å²) in [5, 5.41) is 4.51. The molecular formula is C25H25N3O5S. The quantitative estimate of drug-likeness (QED) is 0.381. The van der Waals surface area contributed by atoms with Gasteiger partial charge in [0.2, 0.25) is 10.0 Å². The number of benzene rings is 2. The fraction of sp³-hybridized carbons (Fsp3) is 0.320. The number of fused-ring (bicyclic) bond motifs is 2. The van der Waals surface area contributed by atoms with Crippen molar-refractivity contribution in [2.75, 3.05) is 23.2 Å². The Morgan fingerprint density at radius 1 is 1.06 bits per heavy atom. The molecule has 0 N–H and O–H groups in total. The molecule has 8 nitrogen and oxygen atoms in total. The number of ether oxygens (including phenoxy) is 1. The first-order valence-corrected chi connectivity index (χ1v) is 13.0. The molecule has 34 heavy (non-hydrogen) atoms. The fourth-order valence-corrected chi connectivity index (χ4v) is 5.82. The number of hydrogen-bond donors (Lipinski definition) is 0. The third-order valence-electron chi connectivity index (χ3n) is 6.41. The minimum absolute atomic E-state index is 0.0206. The largest absolute Gasteiger partial charge is 0.453 e. The lowest BCUT2D eigenvalue weighted by atomic mass is 10.1. The van der Waals surface area contributed by atoms with Crippen molar-refractivity contribution in [1.29, 1.82) is 0 Å². The van der Waals surface area contributed by atoms with Crippen LogP contribution in [0.25, 0.3) is 5.69 Å². The lowest BCUT2D eigenvalue weighted by molar-refractivity contribution is 0.0467. The summed E-state index contributed by atoms with van der Waals surface area (Å²) in [5.74, 6) is -0.929. The molecule has 1 aromatic heterocycles. The van der Waals surface area contributed by atoms with Gasteiger partial charge in [-0.15, -0.1) is 0 Å². The number of rotatable bonds is 7. The summed E-state index contributed by atoms with van der Waals surface area (Å²) in [7, 11) is -3.35. The molecule has 0 spiro atoms. The number of sulfonamides is 1. The van der Waals surface area contributed by atoms with Gasteiger partial charge in [-0.3, -0.25) is 9.10 Å². The van der Waals surface area contributed by atoms with Crippen molar-refractivity contribution in [1.82, 2.24) is 9.78 Å². The van der Waals surface area contributed by atoms with Gasteiger partial charge in [0.25, 0.3) is 0 Å². The molecule has 0 saturated heterocycles. The number of ketones is 1. The van der Waals surface area contributed by atoms with Crippen molar-refractivity contribution in [3.63, 3.8) is 0 Å². The monoisotopic (exact) mass is 479 g/mol. The lowest BCUT2D eigenvalue weighted by Crippen LogP contribution is -2.30. The SMILES string of the molecule is CCS(=O)(=O)N1CCc2cc(C(=O)COC(=O)c3nn(-c4ccccc4)c4c3CCC4)ccc21. The van der Waals surface area contributed by atoms with Crippen LogP contribution >= 0.6 is 0 Å². The van der Waals surface area contributed by atoms with Gasteiger partial charge in [0, 0.05) is 23.4 Å². The lowest BCUT2D eigenvalue weighted by Gasteiger charge is -2.18. The minimum atomic E-state index is -3.35. The number of esters is 1. The molecule has 0 atom stereocenters. The molecule has 9 heteroatoms. The van der Waals surface area contributed by atoms with E-state index in [4.69, 9.17) is 4.74 Å². The van der Waals surface area contributed by atoms with Crippen LogP contribution in [-0.2, 0) is 34.0 Å². The Kier molecular flexibility index (Phi) is 5.73. The second-order valence-electron chi connectivity index (χ2n) is 8.44. The Morgan fingerprint density at radius 3 is 2.62 bits per heavy atom. The molecule has 0 fully saturated rings. The summed E-state index contributed by atoms with van der Waals surface area (Å²) in [6, 6.07) is 14.6. The number of para-hydroxylation sites is 1. The molecule has 2 aliphatic rings. The van der Waals surface area contributed by atoms with Crippen LogP contribution in [0.3, 0.4) is 0 Å². The normalized spacial score (nSPS) is 14.7. The van der Waals surface area contributed by atoms with Crippen molar-refractivity contribution in [3.05, 3.63) is 76.6 Å². The van der Waals surface area contributed by atoms with E-state index in [0.717, 1.165) is 41.8 Å². The van der Waals surface area contributed by atoms with E-state index >= 15 is 0 Å². The van der Waals surface area contributed by atoms with Gasteiger partial charge >= 0.3 is 5.97 Å². The molecule has 0 amide bonds. The summed E-state index contributed by atoms with van der Waals surface area (Å²) in [4.78, 5) is 25.6. The molecule has 2 aromatic carbocycles. The van der Waals surface area contributed by atoms with Crippen molar-refractivity contribution < 1.29 is 22.7 Å². The van der Waals surface area contributed by atoms with Crippen LogP contribution in [0, 0.1) is 0 Å². The highest BCUT2D eigenvalue weighted by atomic mass is 32.2. The fourth-order valence-electron chi connectivity index (χ4n) is 4.66. The topological polar surface area (TPSA) is 98.6 Å². The third-order valence-corrected chi connectivity index (χ3v) is 8.19. The van der Waals surface area contributed by atoms with Crippen molar-refractivity contribution in [2.24, 2.45) is 0 Å². The van der Waals surface area contributed by atoms with Gasteiger partial charge in [0.1, 0.15) is 0 Å². The van der Waals surface area contributed by atoms with E-state index in [2.05, 4.69) is 5.10 Å². The van der Waals surface area contributed by atoms with E-state index in [1.165, 1.54) is 4.31 Å². The van der Waals surface area contributed by atoms with E-state index in [1.807, 2.05) is 30.3 Å². The highest BCUT2D eigenvalue weighted by molar-refractivity contribution is 7.92. The Labute approximate surface area is 198 Å². The molecule has 0 unspecified atom stereocenters. The number of carbonyl (C=O) groups is 2. The molecule has 1 aliphatic carbocycles. The predicted octanol–water partition coefficient (Wildman–Crippen LogP) is 3.11. The first kappa shape index (κ1) is 22.3. The van der Waals surface area contributed by atoms with Gasteiger partial charge in [0.15, 0.2) is 18.1 Å². The molecule has 0 radical (unpaired) electrons. The zero-order chi connectivity index (χ0) is 23.9. The first-order chi connectivity index (χ1) is 16.4. The predicted molar refractivity (Wildman–Crippen MR) is 127 cm³/mol. The van der Waals surface area contributed by atoms with Gasteiger partial charge in [-0.25, -0.2) is 17.9 Å². The van der Waals surface area contributed by atoms with Gasteiger partial charge < -0.3 is 4.74 Å². The maximum Gasteiger partial charge on any atom is 0.359 e. The summed E-state index contributed by atoms with van der Waals surface area (Å²) in [6.07, 6.45) is 3.07. The van der Waals surface area contributed by atoms with Gasteiger partial charge in [0.05, 0.1) is 17.1 Å². The molecule has 5 rings (SSSR count).